The van der Waals surface area contributed by atoms with E-state index in [0.29, 0.717) is 0 Å². The van der Waals surface area contributed by atoms with Crippen LogP contribution in [0.15, 0.2) is 54.6 Å². The molecule has 0 aliphatic heterocycles. The second-order valence-electron chi connectivity index (χ2n) is 3.84. The first-order valence-electron chi connectivity index (χ1n) is 5.55. The molecule has 3 nitrogen and oxygen atoms in total. The van der Waals surface area contributed by atoms with Crippen molar-refractivity contribution in [3.05, 3.63) is 60.2 Å². The van der Waals surface area contributed by atoms with Crippen LogP contribution in [0.4, 0.5) is 0 Å². The lowest BCUT2D eigenvalue weighted by Gasteiger charge is -2.03. The van der Waals surface area contributed by atoms with Crippen LogP contribution in [0.1, 0.15) is 5.56 Å². The first kappa shape index (κ1) is 16.2. The number of ether oxygens (including phenoxy) is 1. The van der Waals surface area contributed by atoms with Crippen LogP contribution in [-0.2, 0) is 6.32 Å². The van der Waals surface area contributed by atoms with Crippen molar-refractivity contribution in [2.75, 3.05) is 7.11 Å². The topological polar surface area (TPSA) is 72.2 Å². The summed E-state index contributed by atoms with van der Waals surface area (Å²) in [6, 6.07) is 18.8. The second kappa shape index (κ2) is 8.34. The van der Waals surface area contributed by atoms with Gasteiger partial charge in [0.1, 0.15) is 5.75 Å². The van der Waals surface area contributed by atoms with E-state index in [0.717, 1.165) is 19.3 Å². The van der Waals surface area contributed by atoms with E-state index in [4.69, 9.17) is 4.74 Å². The molecule has 18 heavy (non-hydrogen) atoms. The van der Waals surface area contributed by atoms with Crippen LogP contribution < -0.4 is 10.2 Å². The molecule has 0 heterocycles. The molecule has 0 aliphatic carbocycles. The third-order valence-electron chi connectivity index (χ3n) is 2.68. The maximum absolute atomic E-state index is 5.21. The normalized spacial score (nSPS) is 8.72. The lowest BCUT2D eigenvalue weighted by atomic mass is 9.65. The molecular formula is C14H19BO3. The molecule has 0 amide bonds. The third kappa shape index (κ3) is 4.61. The van der Waals surface area contributed by atoms with E-state index >= 15 is 0 Å². The van der Waals surface area contributed by atoms with Gasteiger partial charge in [0.05, 0.1) is 7.11 Å². The minimum absolute atomic E-state index is 0. The molecule has 2 aromatic rings. The van der Waals surface area contributed by atoms with Crippen LogP contribution in [0, 0.1) is 0 Å². The molecule has 0 unspecified atom stereocenters. The van der Waals surface area contributed by atoms with E-state index in [1.807, 2.05) is 12.1 Å². The summed E-state index contributed by atoms with van der Waals surface area (Å²) < 4.78 is 5.21. The first-order chi connectivity index (χ1) is 7.88. The molecule has 0 saturated carbocycles. The van der Waals surface area contributed by atoms with Crippen LogP contribution in [0.3, 0.4) is 0 Å². The molecule has 0 fully saturated rings. The minimum Gasteiger partial charge on any atom is -0.497 e. The van der Waals surface area contributed by atoms with Crippen molar-refractivity contribution in [1.82, 2.24) is 0 Å². The molecule has 4 heteroatoms. The molecule has 0 radical (unpaired) electrons. The third-order valence-corrected chi connectivity index (χ3v) is 2.68. The average Bonchev–Trinajstić information content (AvgIpc) is 2.38. The lowest BCUT2D eigenvalue weighted by molar-refractivity contribution is 0.414. The lowest BCUT2D eigenvalue weighted by Crippen LogP contribution is -2.15. The Morgan fingerprint density at radius 2 is 1.67 bits per heavy atom. The van der Waals surface area contributed by atoms with Crippen molar-refractivity contribution in [2.45, 2.75) is 6.32 Å². The monoisotopic (exact) mass is 246 g/mol. The van der Waals surface area contributed by atoms with E-state index in [9.17, 15) is 0 Å². The molecule has 0 atom stereocenters. The van der Waals surface area contributed by atoms with Gasteiger partial charge in [-0.05, 0) is 18.5 Å². The van der Waals surface area contributed by atoms with Gasteiger partial charge in [-0.2, -0.15) is 0 Å². The van der Waals surface area contributed by atoms with Crippen molar-refractivity contribution < 1.29 is 15.7 Å². The van der Waals surface area contributed by atoms with Crippen LogP contribution in [0.2, 0.25) is 0 Å². The highest BCUT2D eigenvalue weighted by Gasteiger charge is 1.98. The van der Waals surface area contributed by atoms with Gasteiger partial charge in [-0.25, -0.2) is 0 Å². The molecule has 0 aliphatic rings. The Morgan fingerprint density at radius 1 is 0.944 bits per heavy atom. The summed E-state index contributed by atoms with van der Waals surface area (Å²) in [5.41, 5.74) is 2.70. The number of methoxy groups -OCH3 is 1. The molecule has 2 rings (SSSR count). The smallest absolute Gasteiger partial charge is 0.162 e. The van der Waals surface area contributed by atoms with Gasteiger partial charge >= 0.3 is 0 Å². The van der Waals surface area contributed by atoms with Gasteiger partial charge in [0.25, 0.3) is 0 Å². The van der Waals surface area contributed by atoms with E-state index in [1.165, 1.54) is 11.0 Å². The van der Waals surface area contributed by atoms with Gasteiger partial charge in [0.15, 0.2) is 7.28 Å². The maximum atomic E-state index is 5.21. The van der Waals surface area contributed by atoms with Gasteiger partial charge in [0.2, 0.25) is 0 Å². The quantitative estimate of drug-likeness (QED) is 0.715. The van der Waals surface area contributed by atoms with Crippen molar-refractivity contribution in [3.8, 4) is 5.75 Å². The maximum Gasteiger partial charge on any atom is 0.162 e. The zero-order valence-corrected chi connectivity index (χ0v) is 10.5. The minimum atomic E-state index is 0. The fraction of sp³-hybridized carbons (Fsp3) is 0.143. The molecular weight excluding hydrogens is 227 g/mol. The second-order valence-corrected chi connectivity index (χ2v) is 3.84. The van der Waals surface area contributed by atoms with Crippen LogP contribution in [-0.4, -0.2) is 25.3 Å². The number of hydrogen-bond acceptors (Lipinski definition) is 1. The van der Waals surface area contributed by atoms with Gasteiger partial charge in [0, 0.05) is 0 Å². The predicted octanol–water partition coefficient (Wildman–Crippen LogP) is 0.308. The van der Waals surface area contributed by atoms with Gasteiger partial charge in [-0.15, -0.1) is 0 Å². The predicted molar refractivity (Wildman–Crippen MR) is 77.2 cm³/mol. The summed E-state index contributed by atoms with van der Waals surface area (Å²) in [6.45, 7) is 0. The van der Waals surface area contributed by atoms with Gasteiger partial charge in [-0.3, -0.25) is 0 Å². The average molecular weight is 246 g/mol. The van der Waals surface area contributed by atoms with Crippen molar-refractivity contribution in [1.29, 1.82) is 0 Å². The highest BCUT2D eigenvalue weighted by atomic mass is 16.5. The molecule has 0 spiro atoms. The van der Waals surface area contributed by atoms with Gasteiger partial charge in [-0.1, -0.05) is 53.5 Å². The zero-order chi connectivity index (χ0) is 11.2. The zero-order valence-electron chi connectivity index (χ0n) is 10.5. The number of hydrogen-bond donors (Lipinski definition) is 0. The number of rotatable bonds is 4. The molecule has 0 saturated heterocycles. The molecule has 96 valence electrons. The Hall–Kier alpha value is -1.78. The summed E-state index contributed by atoms with van der Waals surface area (Å²) in [5, 5.41) is 0. The van der Waals surface area contributed by atoms with Crippen molar-refractivity contribution in [3.63, 3.8) is 0 Å². The van der Waals surface area contributed by atoms with Crippen LogP contribution in [0.5, 0.6) is 5.75 Å². The van der Waals surface area contributed by atoms with Crippen molar-refractivity contribution >= 4 is 12.7 Å². The van der Waals surface area contributed by atoms with E-state index in [-0.39, 0.29) is 11.0 Å². The van der Waals surface area contributed by atoms with Gasteiger partial charge < -0.3 is 15.7 Å². The fourth-order valence-electron chi connectivity index (χ4n) is 1.76. The Kier molecular flexibility index (Phi) is 7.51. The standard InChI is InChI=1S/C14H15BO.2H2O/c1-16-14-9-5-6-12(10-14)11-15-13-7-3-2-4-8-13;;/h2-10,15H,11H2,1H3;2*1H2. The van der Waals surface area contributed by atoms with Crippen LogP contribution in [0.25, 0.3) is 0 Å². The fourth-order valence-corrected chi connectivity index (χ4v) is 1.76. The molecule has 0 aromatic heterocycles. The summed E-state index contributed by atoms with van der Waals surface area (Å²) in [4.78, 5) is 0. The molecule has 4 N–H and O–H groups in total. The Morgan fingerprint density at radius 3 is 2.33 bits per heavy atom. The summed E-state index contributed by atoms with van der Waals surface area (Å²) >= 11 is 0. The Labute approximate surface area is 108 Å². The van der Waals surface area contributed by atoms with E-state index in [1.54, 1.807) is 7.11 Å². The molecule has 2 aromatic carbocycles. The van der Waals surface area contributed by atoms with E-state index < -0.39 is 0 Å². The van der Waals surface area contributed by atoms with Crippen molar-refractivity contribution in [2.24, 2.45) is 0 Å². The Balaban J connectivity index is 0.00000144. The first-order valence-corrected chi connectivity index (χ1v) is 5.55. The largest absolute Gasteiger partial charge is 0.497 e. The summed E-state index contributed by atoms with van der Waals surface area (Å²) in [5.74, 6) is 0.936. The highest BCUT2D eigenvalue weighted by Crippen LogP contribution is 2.12. The Bertz CT molecular complexity index is 446. The number of benzene rings is 2. The SMILES string of the molecule is COc1cccc(CBc2ccccc2)c1.O.O. The summed E-state index contributed by atoms with van der Waals surface area (Å²) in [7, 11) is 2.78. The molecule has 0 bridgehead atoms. The van der Waals surface area contributed by atoms with Crippen LogP contribution >= 0.6 is 0 Å². The van der Waals surface area contributed by atoms with E-state index in [2.05, 4.69) is 42.5 Å². The highest BCUT2D eigenvalue weighted by molar-refractivity contribution is 6.52. The summed E-state index contributed by atoms with van der Waals surface area (Å²) in [6.07, 6.45) is 1.06.